The van der Waals surface area contributed by atoms with Crippen LogP contribution >= 0.6 is 0 Å². The van der Waals surface area contributed by atoms with Crippen molar-refractivity contribution in [1.82, 2.24) is 25.3 Å². The highest BCUT2D eigenvalue weighted by atomic mass is 16.6. The third-order valence-electron chi connectivity index (χ3n) is 4.84. The first-order valence-corrected chi connectivity index (χ1v) is 8.93. The van der Waals surface area contributed by atoms with Gasteiger partial charge in [-0.2, -0.15) is 0 Å². The minimum atomic E-state index is -0.101. The molecular weight excluding hydrogens is 346 g/mol. The van der Waals surface area contributed by atoms with E-state index in [0.29, 0.717) is 31.1 Å². The van der Waals surface area contributed by atoms with Gasteiger partial charge in [0.2, 0.25) is 0 Å². The van der Waals surface area contributed by atoms with Crippen molar-refractivity contribution < 1.29 is 13.9 Å². The molecule has 2 aromatic heterocycles. The van der Waals surface area contributed by atoms with E-state index in [1.54, 1.807) is 11.0 Å². The number of benzene rings is 1. The third-order valence-corrected chi connectivity index (χ3v) is 4.84. The van der Waals surface area contributed by atoms with E-state index in [-0.39, 0.29) is 5.91 Å². The Morgan fingerprint density at radius 2 is 1.78 bits per heavy atom. The quantitative estimate of drug-likeness (QED) is 0.699. The molecule has 0 radical (unpaired) electrons. The third kappa shape index (κ3) is 3.75. The van der Waals surface area contributed by atoms with Crippen LogP contribution in [0, 0.1) is 13.8 Å². The maximum Gasteiger partial charge on any atom is 0.276 e. The summed E-state index contributed by atoms with van der Waals surface area (Å²) >= 11 is 0. The first-order valence-electron chi connectivity index (χ1n) is 8.93. The summed E-state index contributed by atoms with van der Waals surface area (Å²) in [6.07, 6.45) is 0. The molecule has 1 aromatic carbocycles. The van der Waals surface area contributed by atoms with Crippen LogP contribution in [0.25, 0.3) is 11.3 Å². The molecule has 27 heavy (non-hydrogen) atoms. The average Bonchev–Trinajstić information content (AvgIpc) is 3.32. The summed E-state index contributed by atoms with van der Waals surface area (Å²) in [6, 6.07) is 9.65. The molecule has 1 aliphatic rings. The molecule has 4 rings (SSSR count). The molecule has 0 atom stereocenters. The zero-order valence-corrected chi connectivity index (χ0v) is 15.4. The predicted octanol–water partition coefficient (Wildman–Crippen LogP) is 2.30. The molecule has 1 fully saturated rings. The molecule has 3 aromatic rings. The SMILES string of the molecule is Cc1ccc(-c2cc(C(=O)N3CCN(Cc4nonc4C)CC3)no2)cc1. The highest BCUT2D eigenvalue weighted by Crippen LogP contribution is 2.22. The standard InChI is InChI=1S/C19H21N5O3/c1-13-3-5-15(6-4-13)18-11-16(21-26-18)19(25)24-9-7-23(8-10-24)12-17-14(2)20-27-22-17/h3-6,11H,7-10,12H2,1-2H3. The Kier molecular flexibility index (Phi) is 4.72. The second-order valence-electron chi connectivity index (χ2n) is 6.81. The van der Waals surface area contributed by atoms with Crippen molar-refractivity contribution in [3.8, 4) is 11.3 Å². The van der Waals surface area contributed by atoms with Crippen LogP contribution in [0.2, 0.25) is 0 Å². The van der Waals surface area contributed by atoms with E-state index in [2.05, 4.69) is 20.4 Å². The molecule has 0 N–H and O–H groups in total. The maximum atomic E-state index is 12.7. The van der Waals surface area contributed by atoms with Crippen LogP contribution in [0.1, 0.15) is 27.4 Å². The molecule has 1 aliphatic heterocycles. The topological polar surface area (TPSA) is 88.5 Å². The zero-order valence-electron chi connectivity index (χ0n) is 15.4. The lowest BCUT2D eigenvalue weighted by molar-refractivity contribution is 0.0615. The van der Waals surface area contributed by atoms with E-state index >= 15 is 0 Å². The number of rotatable bonds is 4. The van der Waals surface area contributed by atoms with Gasteiger partial charge in [-0.3, -0.25) is 9.69 Å². The van der Waals surface area contributed by atoms with Crippen molar-refractivity contribution in [1.29, 1.82) is 0 Å². The van der Waals surface area contributed by atoms with Gasteiger partial charge in [-0.05, 0) is 13.8 Å². The van der Waals surface area contributed by atoms with Gasteiger partial charge in [0.1, 0.15) is 11.4 Å². The second-order valence-corrected chi connectivity index (χ2v) is 6.81. The molecule has 0 bridgehead atoms. The summed E-state index contributed by atoms with van der Waals surface area (Å²) in [4.78, 5) is 16.8. The Labute approximate surface area is 156 Å². The zero-order chi connectivity index (χ0) is 18.8. The van der Waals surface area contributed by atoms with Crippen molar-refractivity contribution in [2.45, 2.75) is 20.4 Å². The van der Waals surface area contributed by atoms with E-state index in [0.717, 1.165) is 30.0 Å². The van der Waals surface area contributed by atoms with Crippen molar-refractivity contribution in [2.75, 3.05) is 26.2 Å². The summed E-state index contributed by atoms with van der Waals surface area (Å²) in [5.41, 5.74) is 4.07. The molecule has 1 saturated heterocycles. The number of piperazine rings is 1. The average molecular weight is 367 g/mol. The lowest BCUT2D eigenvalue weighted by Gasteiger charge is -2.33. The van der Waals surface area contributed by atoms with Crippen molar-refractivity contribution in [3.63, 3.8) is 0 Å². The number of aryl methyl sites for hydroxylation is 2. The van der Waals surface area contributed by atoms with Crippen LogP contribution in [0.15, 0.2) is 39.5 Å². The molecule has 8 nitrogen and oxygen atoms in total. The first-order chi connectivity index (χ1) is 13.1. The summed E-state index contributed by atoms with van der Waals surface area (Å²) in [6.45, 7) is 7.38. The van der Waals surface area contributed by atoms with Crippen molar-refractivity contribution >= 4 is 5.91 Å². The van der Waals surface area contributed by atoms with E-state index in [1.807, 2.05) is 38.1 Å². The van der Waals surface area contributed by atoms with Crippen LogP contribution in [-0.2, 0) is 6.54 Å². The normalized spacial score (nSPS) is 15.3. The Morgan fingerprint density at radius 3 is 2.44 bits per heavy atom. The Morgan fingerprint density at radius 1 is 1.04 bits per heavy atom. The van der Waals surface area contributed by atoms with Gasteiger partial charge < -0.3 is 9.42 Å². The molecule has 0 unspecified atom stereocenters. The van der Waals surface area contributed by atoms with E-state index in [1.165, 1.54) is 5.56 Å². The molecule has 140 valence electrons. The van der Waals surface area contributed by atoms with Gasteiger partial charge in [-0.15, -0.1) is 0 Å². The second kappa shape index (κ2) is 7.32. The van der Waals surface area contributed by atoms with Crippen LogP contribution in [0.4, 0.5) is 0 Å². The minimum absolute atomic E-state index is 0.101. The lowest BCUT2D eigenvalue weighted by Crippen LogP contribution is -2.48. The van der Waals surface area contributed by atoms with Crippen molar-refractivity contribution in [2.24, 2.45) is 0 Å². The predicted molar refractivity (Wildman–Crippen MR) is 96.9 cm³/mol. The molecular formula is C19H21N5O3. The van der Waals surface area contributed by atoms with Gasteiger partial charge in [-0.25, -0.2) is 4.63 Å². The van der Waals surface area contributed by atoms with Crippen LogP contribution in [-0.4, -0.2) is 57.4 Å². The highest BCUT2D eigenvalue weighted by molar-refractivity contribution is 5.93. The van der Waals surface area contributed by atoms with Gasteiger partial charge in [-0.1, -0.05) is 45.3 Å². The van der Waals surface area contributed by atoms with Gasteiger partial charge in [0.05, 0.1) is 0 Å². The Bertz CT molecular complexity index is 923. The summed E-state index contributed by atoms with van der Waals surface area (Å²) < 4.78 is 10.1. The summed E-state index contributed by atoms with van der Waals surface area (Å²) in [5, 5.41) is 11.7. The lowest BCUT2D eigenvalue weighted by atomic mass is 10.1. The Hall–Kier alpha value is -3.00. The van der Waals surface area contributed by atoms with Gasteiger partial charge in [0, 0.05) is 44.4 Å². The van der Waals surface area contributed by atoms with Gasteiger partial charge in [0.25, 0.3) is 5.91 Å². The van der Waals surface area contributed by atoms with Crippen molar-refractivity contribution in [3.05, 3.63) is 53.0 Å². The number of amides is 1. The van der Waals surface area contributed by atoms with E-state index < -0.39 is 0 Å². The number of nitrogens with zero attached hydrogens (tertiary/aromatic N) is 5. The fourth-order valence-electron chi connectivity index (χ4n) is 3.11. The summed E-state index contributed by atoms with van der Waals surface area (Å²) in [7, 11) is 0. The summed E-state index contributed by atoms with van der Waals surface area (Å²) in [5.74, 6) is 0.502. The number of carbonyl (C=O) groups excluding carboxylic acids is 1. The van der Waals surface area contributed by atoms with Crippen LogP contribution in [0.5, 0.6) is 0 Å². The fourth-order valence-corrected chi connectivity index (χ4v) is 3.11. The van der Waals surface area contributed by atoms with Gasteiger partial charge >= 0.3 is 0 Å². The van der Waals surface area contributed by atoms with Gasteiger partial charge in [0.15, 0.2) is 11.5 Å². The van der Waals surface area contributed by atoms with Crippen LogP contribution in [0.3, 0.4) is 0 Å². The Balaban J connectivity index is 1.37. The number of carbonyl (C=O) groups is 1. The number of aromatic nitrogens is 3. The van der Waals surface area contributed by atoms with E-state index in [9.17, 15) is 4.79 Å². The minimum Gasteiger partial charge on any atom is -0.355 e. The van der Waals surface area contributed by atoms with E-state index in [4.69, 9.17) is 9.15 Å². The maximum absolute atomic E-state index is 12.7. The smallest absolute Gasteiger partial charge is 0.276 e. The molecule has 0 saturated carbocycles. The molecule has 8 heteroatoms. The monoisotopic (exact) mass is 367 g/mol. The fraction of sp³-hybridized carbons (Fsp3) is 0.368. The largest absolute Gasteiger partial charge is 0.355 e. The van der Waals surface area contributed by atoms with Crippen LogP contribution < -0.4 is 0 Å². The molecule has 3 heterocycles. The molecule has 1 amide bonds. The highest BCUT2D eigenvalue weighted by Gasteiger charge is 2.25. The molecule has 0 spiro atoms. The first kappa shape index (κ1) is 17.4. The number of hydrogen-bond donors (Lipinski definition) is 0. The number of hydrogen-bond acceptors (Lipinski definition) is 7. The molecule has 0 aliphatic carbocycles.